The minimum absolute atomic E-state index is 0. The molecule has 1 spiro atoms. The standard InChI is InChI=1S/C16H23N3OS.HI/c17-15(18-8-4-11-3-1-10-21-11)19-13-12-5-9-20-14(12)16(13)6-2-7-16;/h1,3,10,12-14H,2,4-9H2,(H3,17,18,19);1H. The maximum absolute atomic E-state index is 6.11. The highest BCUT2D eigenvalue weighted by Gasteiger charge is 2.66. The lowest BCUT2D eigenvalue weighted by molar-refractivity contribution is -0.171. The van der Waals surface area contributed by atoms with Crippen LogP contribution in [0, 0.1) is 11.3 Å². The highest BCUT2D eigenvalue weighted by Crippen LogP contribution is 2.62. The molecular weight excluding hydrogens is 409 g/mol. The topological polar surface area (TPSA) is 59.6 Å². The van der Waals surface area contributed by atoms with E-state index in [2.05, 4.69) is 27.8 Å². The summed E-state index contributed by atoms with van der Waals surface area (Å²) in [5, 5.41) is 5.62. The van der Waals surface area contributed by atoms with Crippen molar-refractivity contribution in [2.24, 2.45) is 22.1 Å². The fourth-order valence-corrected chi connectivity index (χ4v) is 5.10. The molecule has 3 unspecified atom stereocenters. The van der Waals surface area contributed by atoms with Gasteiger partial charge in [-0.3, -0.25) is 4.99 Å². The largest absolute Gasteiger partial charge is 0.377 e. The van der Waals surface area contributed by atoms with E-state index in [0.717, 1.165) is 19.6 Å². The molecule has 3 N–H and O–H groups in total. The quantitative estimate of drug-likeness (QED) is 0.436. The van der Waals surface area contributed by atoms with Crippen LogP contribution in [-0.4, -0.2) is 31.3 Å². The molecule has 0 radical (unpaired) electrons. The monoisotopic (exact) mass is 433 g/mol. The van der Waals surface area contributed by atoms with Crippen LogP contribution in [0.1, 0.15) is 30.6 Å². The molecule has 4 rings (SSSR count). The second-order valence-corrected chi connectivity index (χ2v) is 7.58. The minimum atomic E-state index is 0. The molecule has 1 aromatic heterocycles. The van der Waals surface area contributed by atoms with Crippen molar-refractivity contribution in [1.29, 1.82) is 0 Å². The summed E-state index contributed by atoms with van der Waals surface area (Å²) < 4.78 is 5.93. The van der Waals surface area contributed by atoms with Gasteiger partial charge in [-0.1, -0.05) is 12.5 Å². The highest BCUT2D eigenvalue weighted by molar-refractivity contribution is 14.0. The molecule has 122 valence electrons. The van der Waals surface area contributed by atoms with Crippen molar-refractivity contribution in [3.05, 3.63) is 22.4 Å². The zero-order chi connectivity index (χ0) is 14.3. The molecule has 3 aliphatic rings. The predicted molar refractivity (Wildman–Crippen MR) is 101 cm³/mol. The number of hydrogen-bond acceptors (Lipinski definition) is 3. The first-order valence-electron chi connectivity index (χ1n) is 8.00. The van der Waals surface area contributed by atoms with Crippen molar-refractivity contribution in [2.75, 3.05) is 13.2 Å². The van der Waals surface area contributed by atoms with Crippen LogP contribution in [0.4, 0.5) is 0 Å². The molecule has 2 saturated carbocycles. The summed E-state index contributed by atoms with van der Waals surface area (Å²) in [5.74, 6) is 1.27. The lowest BCUT2D eigenvalue weighted by atomic mass is 9.46. The number of guanidine groups is 1. The SMILES string of the molecule is I.NC(=NCCc1cccs1)NC1C2CCOC2C12CCC2. The maximum Gasteiger partial charge on any atom is 0.188 e. The molecule has 1 saturated heterocycles. The Kier molecular flexibility index (Phi) is 4.99. The summed E-state index contributed by atoms with van der Waals surface area (Å²) >= 11 is 1.78. The van der Waals surface area contributed by atoms with Gasteiger partial charge in [-0.15, -0.1) is 35.3 Å². The van der Waals surface area contributed by atoms with Crippen LogP contribution >= 0.6 is 35.3 Å². The highest BCUT2D eigenvalue weighted by atomic mass is 127. The molecule has 0 bridgehead atoms. The van der Waals surface area contributed by atoms with Crippen molar-refractivity contribution in [3.8, 4) is 0 Å². The van der Waals surface area contributed by atoms with E-state index in [1.807, 2.05) is 0 Å². The average molecular weight is 433 g/mol. The number of halogens is 1. The number of thiophene rings is 1. The van der Waals surface area contributed by atoms with Gasteiger partial charge in [-0.2, -0.15) is 0 Å². The zero-order valence-corrected chi connectivity index (χ0v) is 15.8. The molecule has 1 aliphatic heterocycles. The number of ether oxygens (including phenoxy) is 1. The van der Waals surface area contributed by atoms with Crippen LogP contribution in [0.2, 0.25) is 0 Å². The first-order valence-corrected chi connectivity index (χ1v) is 8.88. The Hall–Kier alpha value is -0.340. The van der Waals surface area contributed by atoms with Crippen molar-refractivity contribution in [3.63, 3.8) is 0 Å². The number of aliphatic imine (C=N–C) groups is 1. The number of hydrogen-bond donors (Lipinski definition) is 2. The Balaban J connectivity index is 0.00000144. The summed E-state index contributed by atoms with van der Waals surface area (Å²) in [6.45, 7) is 1.69. The van der Waals surface area contributed by atoms with Crippen LogP contribution in [-0.2, 0) is 11.2 Å². The van der Waals surface area contributed by atoms with Crippen molar-refractivity contribution in [2.45, 2.75) is 44.2 Å². The van der Waals surface area contributed by atoms with E-state index in [0.29, 0.717) is 29.4 Å². The van der Waals surface area contributed by atoms with E-state index in [1.165, 1.54) is 30.6 Å². The molecule has 4 nitrogen and oxygen atoms in total. The van der Waals surface area contributed by atoms with Gasteiger partial charge >= 0.3 is 0 Å². The van der Waals surface area contributed by atoms with Crippen LogP contribution in [0.25, 0.3) is 0 Å². The molecule has 3 fully saturated rings. The summed E-state index contributed by atoms with van der Waals surface area (Å²) in [7, 11) is 0. The van der Waals surface area contributed by atoms with Crippen LogP contribution < -0.4 is 11.1 Å². The van der Waals surface area contributed by atoms with Gasteiger partial charge < -0.3 is 15.8 Å². The number of fused-ring (bicyclic) bond motifs is 2. The van der Waals surface area contributed by atoms with E-state index in [1.54, 1.807) is 11.3 Å². The smallest absolute Gasteiger partial charge is 0.188 e. The molecule has 1 aromatic rings. The molecule has 0 amide bonds. The minimum Gasteiger partial charge on any atom is -0.377 e. The van der Waals surface area contributed by atoms with Gasteiger partial charge in [0.2, 0.25) is 0 Å². The van der Waals surface area contributed by atoms with Crippen LogP contribution in [0.15, 0.2) is 22.5 Å². The van der Waals surface area contributed by atoms with Crippen LogP contribution in [0.3, 0.4) is 0 Å². The Bertz CT molecular complexity index is 530. The second kappa shape index (κ2) is 6.65. The molecule has 2 heterocycles. The predicted octanol–water partition coefficient (Wildman–Crippen LogP) is 2.77. The summed E-state index contributed by atoms with van der Waals surface area (Å²) in [5.41, 5.74) is 6.48. The van der Waals surface area contributed by atoms with E-state index in [9.17, 15) is 0 Å². The Labute approximate surface area is 152 Å². The first kappa shape index (κ1) is 16.5. The third-order valence-electron chi connectivity index (χ3n) is 5.56. The van der Waals surface area contributed by atoms with Gasteiger partial charge in [-0.05, 0) is 30.7 Å². The lowest BCUT2D eigenvalue weighted by Gasteiger charge is -2.63. The third-order valence-corrected chi connectivity index (χ3v) is 6.50. The van der Waals surface area contributed by atoms with E-state index < -0.39 is 0 Å². The molecular formula is C16H24IN3OS. The van der Waals surface area contributed by atoms with Crippen molar-refractivity contribution >= 4 is 41.3 Å². The van der Waals surface area contributed by atoms with Gasteiger partial charge in [0.05, 0.1) is 6.10 Å². The Morgan fingerprint density at radius 3 is 3.05 bits per heavy atom. The van der Waals surface area contributed by atoms with E-state index in [-0.39, 0.29) is 24.0 Å². The molecule has 0 aromatic carbocycles. The summed E-state index contributed by atoms with van der Waals surface area (Å²) in [6.07, 6.45) is 6.54. The third kappa shape index (κ3) is 2.67. The number of nitrogens with zero attached hydrogens (tertiary/aromatic N) is 1. The van der Waals surface area contributed by atoms with Gasteiger partial charge in [0.1, 0.15) is 0 Å². The van der Waals surface area contributed by atoms with E-state index in [4.69, 9.17) is 10.5 Å². The molecule has 22 heavy (non-hydrogen) atoms. The van der Waals surface area contributed by atoms with Gasteiger partial charge in [0.25, 0.3) is 0 Å². The average Bonchev–Trinajstić information content (AvgIpc) is 3.05. The molecule has 3 atom stereocenters. The number of rotatable bonds is 4. The van der Waals surface area contributed by atoms with Crippen LogP contribution in [0.5, 0.6) is 0 Å². The first-order chi connectivity index (χ1) is 10.3. The number of nitrogens with two attached hydrogens (primary N) is 1. The van der Waals surface area contributed by atoms with E-state index >= 15 is 0 Å². The molecule has 6 heteroatoms. The Morgan fingerprint density at radius 1 is 1.50 bits per heavy atom. The Morgan fingerprint density at radius 2 is 2.36 bits per heavy atom. The maximum atomic E-state index is 6.11. The second-order valence-electron chi connectivity index (χ2n) is 6.55. The zero-order valence-electron chi connectivity index (χ0n) is 12.7. The summed E-state index contributed by atoms with van der Waals surface area (Å²) in [4.78, 5) is 5.88. The normalized spacial score (nSPS) is 31.8. The van der Waals surface area contributed by atoms with Crippen molar-refractivity contribution in [1.82, 2.24) is 5.32 Å². The van der Waals surface area contributed by atoms with Crippen molar-refractivity contribution < 1.29 is 4.74 Å². The lowest BCUT2D eigenvalue weighted by Crippen LogP contribution is -2.72. The van der Waals surface area contributed by atoms with Gasteiger partial charge in [0, 0.05) is 41.8 Å². The number of nitrogens with one attached hydrogen (secondary N) is 1. The van der Waals surface area contributed by atoms with Gasteiger partial charge in [0.15, 0.2) is 5.96 Å². The van der Waals surface area contributed by atoms with Gasteiger partial charge in [-0.25, -0.2) is 0 Å². The fourth-order valence-electron chi connectivity index (χ4n) is 4.40. The summed E-state index contributed by atoms with van der Waals surface area (Å²) in [6, 6.07) is 4.73. The molecule has 2 aliphatic carbocycles. The fraction of sp³-hybridized carbons (Fsp3) is 0.688.